The summed E-state index contributed by atoms with van der Waals surface area (Å²) in [6, 6.07) is 13.4. The number of methoxy groups -OCH3 is 1. The number of hydrogen-bond acceptors (Lipinski definition) is 7. The van der Waals surface area contributed by atoms with Crippen molar-refractivity contribution in [3.63, 3.8) is 0 Å². The van der Waals surface area contributed by atoms with Gasteiger partial charge in [0.1, 0.15) is 11.3 Å². The van der Waals surface area contributed by atoms with Crippen molar-refractivity contribution in [1.82, 2.24) is 19.6 Å². The number of aromatic nitrogens is 4. The van der Waals surface area contributed by atoms with E-state index in [0.717, 1.165) is 22.0 Å². The highest BCUT2D eigenvalue weighted by Crippen LogP contribution is 2.29. The Balaban J connectivity index is 1.50. The SMILES string of the molecule is COc1cccc(-c2csc3nc(Nc4nc5cc(Cl)ccc5o4)nn23)c1. The Hall–Kier alpha value is -3.10. The van der Waals surface area contributed by atoms with Gasteiger partial charge in [0.15, 0.2) is 5.58 Å². The van der Waals surface area contributed by atoms with Crippen LogP contribution in [0, 0.1) is 0 Å². The van der Waals surface area contributed by atoms with Crippen molar-refractivity contribution >= 4 is 51.0 Å². The van der Waals surface area contributed by atoms with Crippen molar-refractivity contribution in [1.29, 1.82) is 0 Å². The normalized spacial score (nSPS) is 11.3. The second kappa shape index (κ2) is 6.26. The van der Waals surface area contributed by atoms with Gasteiger partial charge >= 0.3 is 6.01 Å². The average molecular weight is 398 g/mol. The summed E-state index contributed by atoms with van der Waals surface area (Å²) in [6.45, 7) is 0. The number of anilines is 2. The number of thiazole rings is 1. The van der Waals surface area contributed by atoms with Gasteiger partial charge < -0.3 is 9.15 Å². The minimum atomic E-state index is 0.313. The van der Waals surface area contributed by atoms with Crippen LogP contribution in [0.4, 0.5) is 12.0 Å². The molecular weight excluding hydrogens is 386 g/mol. The van der Waals surface area contributed by atoms with Gasteiger partial charge in [-0.05, 0) is 30.3 Å². The molecule has 7 nitrogen and oxygen atoms in total. The first-order chi connectivity index (χ1) is 13.2. The molecule has 0 radical (unpaired) electrons. The standard InChI is InChI=1S/C18H12ClN5O2S/c1-25-12-4-2-3-10(7-12)14-9-27-18-22-16(23-24(14)18)21-17-20-13-8-11(19)5-6-15(13)26-17/h2-9H,1H3,(H,20,21,23). The Kier molecular flexibility index (Phi) is 3.73. The van der Waals surface area contributed by atoms with Crippen LogP contribution >= 0.6 is 22.9 Å². The van der Waals surface area contributed by atoms with E-state index in [1.54, 1.807) is 29.8 Å². The maximum Gasteiger partial charge on any atom is 0.302 e. The van der Waals surface area contributed by atoms with Crippen LogP contribution in [0.1, 0.15) is 0 Å². The first-order valence-corrected chi connectivity index (χ1v) is 9.27. The second-order valence-corrected chi connectivity index (χ2v) is 7.01. The molecular formula is C18H12ClN5O2S. The predicted molar refractivity (Wildman–Crippen MR) is 105 cm³/mol. The van der Waals surface area contributed by atoms with Crippen molar-refractivity contribution in [2.45, 2.75) is 0 Å². The van der Waals surface area contributed by atoms with Crippen LogP contribution in [0.2, 0.25) is 5.02 Å². The Morgan fingerprint density at radius 3 is 3.00 bits per heavy atom. The molecule has 134 valence electrons. The second-order valence-electron chi connectivity index (χ2n) is 5.74. The van der Waals surface area contributed by atoms with Gasteiger partial charge in [-0.15, -0.1) is 16.4 Å². The third-order valence-electron chi connectivity index (χ3n) is 4.02. The van der Waals surface area contributed by atoms with E-state index in [4.69, 9.17) is 20.8 Å². The minimum Gasteiger partial charge on any atom is -0.497 e. The Morgan fingerprint density at radius 2 is 2.11 bits per heavy atom. The van der Waals surface area contributed by atoms with Crippen molar-refractivity contribution in [2.75, 3.05) is 12.4 Å². The number of nitrogens with one attached hydrogen (secondary N) is 1. The molecule has 0 aliphatic rings. The molecule has 0 spiro atoms. The molecule has 0 bridgehead atoms. The molecule has 1 N–H and O–H groups in total. The molecule has 0 saturated carbocycles. The zero-order chi connectivity index (χ0) is 18.4. The molecule has 5 rings (SSSR count). The number of halogens is 1. The number of fused-ring (bicyclic) bond motifs is 2. The van der Waals surface area contributed by atoms with Gasteiger partial charge in [-0.25, -0.2) is 4.52 Å². The van der Waals surface area contributed by atoms with E-state index >= 15 is 0 Å². The van der Waals surface area contributed by atoms with Crippen molar-refractivity contribution in [2.24, 2.45) is 0 Å². The third kappa shape index (κ3) is 2.88. The van der Waals surface area contributed by atoms with E-state index in [9.17, 15) is 0 Å². The van der Waals surface area contributed by atoms with Gasteiger partial charge in [0.05, 0.1) is 12.8 Å². The zero-order valence-corrected chi connectivity index (χ0v) is 15.6. The third-order valence-corrected chi connectivity index (χ3v) is 5.07. The average Bonchev–Trinajstić information content (AvgIpc) is 3.35. The molecule has 9 heteroatoms. The first-order valence-electron chi connectivity index (χ1n) is 8.01. The number of oxazole rings is 1. The summed E-state index contributed by atoms with van der Waals surface area (Å²) >= 11 is 7.49. The molecule has 27 heavy (non-hydrogen) atoms. The molecule has 0 saturated heterocycles. The van der Waals surface area contributed by atoms with Crippen LogP contribution in [0.5, 0.6) is 5.75 Å². The van der Waals surface area contributed by atoms with Crippen molar-refractivity contribution in [3.8, 4) is 17.0 Å². The lowest BCUT2D eigenvalue weighted by molar-refractivity contribution is 0.415. The summed E-state index contributed by atoms with van der Waals surface area (Å²) in [6.07, 6.45) is 0. The number of hydrogen-bond donors (Lipinski definition) is 1. The fourth-order valence-corrected chi connectivity index (χ4v) is 3.76. The van der Waals surface area contributed by atoms with Crippen LogP contribution in [0.25, 0.3) is 27.3 Å². The smallest absolute Gasteiger partial charge is 0.302 e. The maximum absolute atomic E-state index is 5.99. The minimum absolute atomic E-state index is 0.313. The largest absolute Gasteiger partial charge is 0.497 e. The number of ether oxygens (including phenoxy) is 1. The molecule has 0 fully saturated rings. The quantitative estimate of drug-likeness (QED) is 0.459. The summed E-state index contributed by atoms with van der Waals surface area (Å²) in [5, 5.41) is 10.1. The lowest BCUT2D eigenvalue weighted by atomic mass is 10.2. The van der Waals surface area contributed by atoms with Crippen molar-refractivity contribution < 1.29 is 9.15 Å². The van der Waals surface area contributed by atoms with Crippen LogP contribution in [-0.4, -0.2) is 26.7 Å². The molecule has 0 atom stereocenters. The van der Waals surface area contributed by atoms with Gasteiger partial charge in [0.2, 0.25) is 4.96 Å². The Morgan fingerprint density at radius 1 is 1.19 bits per heavy atom. The molecule has 5 aromatic rings. The van der Waals surface area contributed by atoms with E-state index in [1.165, 1.54) is 11.3 Å². The summed E-state index contributed by atoms with van der Waals surface area (Å²) in [5.74, 6) is 1.19. The van der Waals surface area contributed by atoms with Gasteiger partial charge in [-0.3, -0.25) is 5.32 Å². The Labute approximate surface area is 162 Å². The fourth-order valence-electron chi connectivity index (χ4n) is 2.76. The Bertz CT molecular complexity index is 1280. The van der Waals surface area contributed by atoms with Crippen LogP contribution < -0.4 is 10.1 Å². The fraction of sp³-hybridized carbons (Fsp3) is 0.0556. The summed E-state index contributed by atoms with van der Waals surface area (Å²) in [4.78, 5) is 9.61. The summed E-state index contributed by atoms with van der Waals surface area (Å²) < 4.78 is 12.7. The van der Waals surface area contributed by atoms with Gasteiger partial charge in [0, 0.05) is 16.0 Å². The molecule has 3 aromatic heterocycles. The van der Waals surface area contributed by atoms with E-state index < -0.39 is 0 Å². The monoisotopic (exact) mass is 397 g/mol. The number of benzene rings is 2. The summed E-state index contributed by atoms with van der Waals surface area (Å²) in [7, 11) is 1.65. The van der Waals surface area contributed by atoms with Crippen LogP contribution in [0.15, 0.2) is 52.3 Å². The zero-order valence-electron chi connectivity index (χ0n) is 14.0. The molecule has 3 heterocycles. The lowest BCUT2D eigenvalue weighted by Gasteiger charge is -2.02. The first kappa shape index (κ1) is 16.1. The molecule has 0 amide bonds. The number of rotatable bonds is 4. The maximum atomic E-state index is 5.99. The van der Waals surface area contributed by atoms with Gasteiger partial charge in [-0.2, -0.15) is 9.97 Å². The van der Waals surface area contributed by atoms with E-state index in [0.29, 0.717) is 28.1 Å². The highest BCUT2D eigenvalue weighted by Gasteiger charge is 2.14. The molecule has 0 aliphatic carbocycles. The lowest BCUT2D eigenvalue weighted by Crippen LogP contribution is -1.94. The molecule has 0 aliphatic heterocycles. The summed E-state index contributed by atoms with van der Waals surface area (Å²) in [5.41, 5.74) is 3.23. The highest BCUT2D eigenvalue weighted by atomic mass is 35.5. The van der Waals surface area contributed by atoms with Crippen molar-refractivity contribution in [3.05, 3.63) is 52.9 Å². The number of nitrogens with zero attached hydrogens (tertiary/aromatic N) is 4. The van der Waals surface area contributed by atoms with Gasteiger partial charge in [0.25, 0.3) is 5.95 Å². The predicted octanol–water partition coefficient (Wildman–Crippen LogP) is 5.00. The topological polar surface area (TPSA) is 77.5 Å². The van der Waals surface area contributed by atoms with Crippen LogP contribution in [-0.2, 0) is 0 Å². The van der Waals surface area contributed by atoms with E-state index in [1.807, 2.05) is 29.6 Å². The van der Waals surface area contributed by atoms with E-state index in [-0.39, 0.29) is 0 Å². The molecule has 0 unspecified atom stereocenters. The van der Waals surface area contributed by atoms with Gasteiger partial charge in [-0.1, -0.05) is 23.7 Å². The highest BCUT2D eigenvalue weighted by molar-refractivity contribution is 7.15. The molecule has 2 aromatic carbocycles. The van der Waals surface area contributed by atoms with E-state index in [2.05, 4.69) is 20.4 Å². The van der Waals surface area contributed by atoms with Crippen LogP contribution in [0.3, 0.4) is 0 Å².